The summed E-state index contributed by atoms with van der Waals surface area (Å²) in [5.41, 5.74) is 0. The van der Waals surface area contributed by atoms with Crippen LogP contribution in [0.4, 0.5) is 0 Å². The number of hydrogen-bond donors (Lipinski definition) is 0. The van der Waals surface area contributed by atoms with Crippen LogP contribution in [0.1, 0.15) is 13.3 Å². The van der Waals surface area contributed by atoms with Gasteiger partial charge in [0.15, 0.2) is 0 Å². The van der Waals surface area contributed by atoms with Crippen molar-refractivity contribution in [1.29, 1.82) is 0 Å². The van der Waals surface area contributed by atoms with Crippen molar-refractivity contribution in [2.24, 2.45) is 0 Å². The van der Waals surface area contributed by atoms with E-state index in [4.69, 9.17) is 0 Å². The Balaban J connectivity index is 2.28. The average molecular weight is 185 g/mol. The molecule has 11 heavy (non-hydrogen) atoms. The summed E-state index contributed by atoms with van der Waals surface area (Å²) in [5.74, 6) is 0. The molecular formula is C9H15P2+. The molecule has 0 bridgehead atoms. The predicted molar refractivity (Wildman–Crippen MR) is 59.3 cm³/mol. The van der Waals surface area contributed by atoms with Crippen molar-refractivity contribution in [3.05, 3.63) is 30.3 Å². The molecule has 0 radical (unpaired) electrons. The molecule has 0 aliphatic carbocycles. The Bertz CT molecular complexity index is 184. The Labute approximate surface area is 72.3 Å². The molecule has 0 amide bonds. The monoisotopic (exact) mass is 185 g/mol. The van der Waals surface area contributed by atoms with E-state index in [2.05, 4.69) is 37.3 Å². The molecule has 0 heterocycles. The van der Waals surface area contributed by atoms with Gasteiger partial charge < -0.3 is 0 Å². The van der Waals surface area contributed by atoms with Crippen molar-refractivity contribution in [3.63, 3.8) is 0 Å². The van der Waals surface area contributed by atoms with Crippen molar-refractivity contribution < 1.29 is 0 Å². The molecule has 0 saturated heterocycles. The topological polar surface area (TPSA) is 0 Å². The number of hydrogen-bond acceptors (Lipinski definition) is 0. The summed E-state index contributed by atoms with van der Waals surface area (Å²) in [7, 11) is 1.78. The molecule has 1 rings (SSSR count). The third-order valence-electron chi connectivity index (χ3n) is 1.48. The third kappa shape index (κ3) is 3.85. The quantitative estimate of drug-likeness (QED) is 0.499. The Morgan fingerprint density at radius 3 is 2.64 bits per heavy atom. The molecule has 0 spiro atoms. The van der Waals surface area contributed by atoms with Crippen LogP contribution in [-0.2, 0) is 0 Å². The standard InChI is InChI=1S/C9H14P2/c1-2-8-10-11-9-6-4-3-5-7-9/h3-7,10-11H,2,8H2,1H3/p+1. The van der Waals surface area contributed by atoms with Crippen molar-refractivity contribution in [2.75, 3.05) is 6.16 Å². The van der Waals surface area contributed by atoms with Crippen LogP contribution in [0.25, 0.3) is 0 Å². The lowest BCUT2D eigenvalue weighted by Crippen LogP contribution is -1.87. The van der Waals surface area contributed by atoms with E-state index in [9.17, 15) is 0 Å². The molecular weight excluding hydrogens is 170 g/mol. The zero-order valence-electron chi connectivity index (χ0n) is 6.88. The van der Waals surface area contributed by atoms with Crippen LogP contribution in [0.2, 0.25) is 0 Å². The van der Waals surface area contributed by atoms with E-state index in [1.807, 2.05) is 0 Å². The maximum atomic E-state index is 2.27. The molecule has 2 heteroatoms. The largest absolute Gasteiger partial charge is 0.0679 e. The zero-order chi connectivity index (χ0) is 7.94. The first-order chi connectivity index (χ1) is 5.43. The molecule has 0 fully saturated rings. The van der Waals surface area contributed by atoms with Gasteiger partial charge >= 0.3 is 0 Å². The van der Waals surface area contributed by atoms with E-state index >= 15 is 0 Å². The zero-order valence-corrected chi connectivity index (χ0v) is 9.03. The maximum absolute atomic E-state index is 2.27. The molecule has 1 aromatic carbocycles. The first-order valence-electron chi connectivity index (χ1n) is 4.06. The van der Waals surface area contributed by atoms with E-state index in [1.54, 1.807) is 0 Å². The fraction of sp³-hybridized carbons (Fsp3) is 0.333. The van der Waals surface area contributed by atoms with Crippen LogP contribution in [0.15, 0.2) is 30.3 Å². The van der Waals surface area contributed by atoms with Gasteiger partial charge in [0.2, 0.25) is 0 Å². The number of rotatable bonds is 4. The minimum absolute atomic E-state index is 0.689. The average Bonchev–Trinajstić information content (AvgIpc) is 2.07. The molecule has 0 nitrogen and oxygen atoms in total. The van der Waals surface area contributed by atoms with Crippen molar-refractivity contribution in [1.82, 2.24) is 0 Å². The van der Waals surface area contributed by atoms with Gasteiger partial charge in [-0.05, 0) is 6.42 Å². The van der Waals surface area contributed by atoms with Crippen molar-refractivity contribution in [2.45, 2.75) is 13.3 Å². The van der Waals surface area contributed by atoms with E-state index in [0.29, 0.717) is 8.27 Å². The third-order valence-corrected chi connectivity index (χ3v) is 5.69. The van der Waals surface area contributed by atoms with Gasteiger partial charge in [-0.15, -0.1) is 0 Å². The highest BCUT2D eigenvalue weighted by molar-refractivity contribution is 8.15. The first kappa shape index (κ1) is 9.17. The molecule has 0 aliphatic heterocycles. The molecule has 0 aliphatic rings. The van der Waals surface area contributed by atoms with Crippen LogP contribution >= 0.6 is 16.5 Å². The predicted octanol–water partition coefficient (Wildman–Crippen LogP) is 2.73. The summed E-state index contributed by atoms with van der Waals surface area (Å²) >= 11 is 0. The van der Waals surface area contributed by atoms with Gasteiger partial charge in [0.25, 0.3) is 0 Å². The SMILES string of the molecule is CCC[PH2+]Pc1ccccc1. The lowest BCUT2D eigenvalue weighted by Gasteiger charge is -1.92. The lowest BCUT2D eigenvalue weighted by molar-refractivity contribution is 1.11. The summed E-state index contributed by atoms with van der Waals surface area (Å²) in [4.78, 5) is 0. The smallest absolute Gasteiger partial charge is 0.0622 e. The maximum Gasteiger partial charge on any atom is 0.0679 e. The molecule has 60 valence electrons. The summed E-state index contributed by atoms with van der Waals surface area (Å²) in [6.07, 6.45) is 2.81. The van der Waals surface area contributed by atoms with Crippen LogP contribution < -0.4 is 5.30 Å². The summed E-state index contributed by atoms with van der Waals surface area (Å²) in [6, 6.07) is 10.8. The second-order valence-electron chi connectivity index (χ2n) is 2.50. The van der Waals surface area contributed by atoms with Crippen molar-refractivity contribution >= 4 is 21.8 Å². The lowest BCUT2D eigenvalue weighted by atomic mass is 10.4. The van der Waals surface area contributed by atoms with Crippen molar-refractivity contribution in [3.8, 4) is 0 Å². The van der Waals surface area contributed by atoms with Crippen LogP contribution in [-0.4, -0.2) is 6.16 Å². The summed E-state index contributed by atoms with van der Waals surface area (Å²) in [6.45, 7) is 2.27. The highest BCUT2D eigenvalue weighted by Crippen LogP contribution is 2.35. The molecule has 0 N–H and O–H groups in total. The summed E-state index contributed by atoms with van der Waals surface area (Å²) < 4.78 is 0. The molecule has 0 aromatic heterocycles. The normalized spacial score (nSPS) is 12.1. The Morgan fingerprint density at radius 2 is 2.00 bits per heavy atom. The second-order valence-corrected chi connectivity index (χ2v) is 6.45. The van der Waals surface area contributed by atoms with Gasteiger partial charge in [0.1, 0.15) is 0 Å². The van der Waals surface area contributed by atoms with Gasteiger partial charge in [-0.3, -0.25) is 0 Å². The van der Waals surface area contributed by atoms with E-state index in [-0.39, 0.29) is 0 Å². The van der Waals surface area contributed by atoms with Crippen LogP contribution in [0.3, 0.4) is 0 Å². The van der Waals surface area contributed by atoms with E-state index in [1.165, 1.54) is 17.9 Å². The minimum atomic E-state index is 0.689. The van der Waals surface area contributed by atoms with Crippen LogP contribution in [0, 0.1) is 0 Å². The van der Waals surface area contributed by atoms with Crippen LogP contribution in [0.5, 0.6) is 0 Å². The highest BCUT2D eigenvalue weighted by atomic mass is 32.0. The van der Waals surface area contributed by atoms with Gasteiger partial charge in [-0.1, -0.05) is 37.3 Å². The Hall–Kier alpha value is 0.0800. The molecule has 1 aromatic rings. The molecule has 0 saturated carbocycles. The fourth-order valence-electron chi connectivity index (χ4n) is 0.869. The molecule has 2 unspecified atom stereocenters. The first-order valence-corrected chi connectivity index (χ1v) is 7.69. The number of benzene rings is 1. The van der Waals surface area contributed by atoms with Gasteiger partial charge in [0.05, 0.1) is 14.4 Å². The summed E-state index contributed by atoms with van der Waals surface area (Å²) in [5, 5.41) is 1.54. The van der Waals surface area contributed by atoms with Gasteiger partial charge in [-0.2, -0.15) is 0 Å². The second kappa shape index (κ2) is 5.70. The van der Waals surface area contributed by atoms with Gasteiger partial charge in [-0.25, -0.2) is 0 Å². The van der Waals surface area contributed by atoms with Gasteiger partial charge in [0, 0.05) is 13.6 Å². The highest BCUT2D eigenvalue weighted by Gasteiger charge is 1.95. The molecule has 2 atom stereocenters. The van der Waals surface area contributed by atoms with E-state index in [0.717, 1.165) is 8.27 Å². The fourth-order valence-corrected chi connectivity index (χ4v) is 4.51. The Kier molecular flexibility index (Phi) is 4.75. The minimum Gasteiger partial charge on any atom is -0.0622 e. The van der Waals surface area contributed by atoms with E-state index < -0.39 is 0 Å². The Morgan fingerprint density at radius 1 is 1.27 bits per heavy atom.